The fraction of sp³-hybridized carbons (Fsp3) is 0.381. The van der Waals surface area contributed by atoms with Gasteiger partial charge in [0.1, 0.15) is 5.75 Å². The Balaban J connectivity index is 1.61. The molecule has 2 aromatic rings. The molecule has 0 aromatic heterocycles. The predicted octanol–water partition coefficient (Wildman–Crippen LogP) is 2.80. The Kier molecular flexibility index (Phi) is 6.26. The number of nitrogens with two attached hydrogens (primary N) is 1. The second-order valence-electron chi connectivity index (χ2n) is 6.79. The Bertz CT molecular complexity index is 724. The average molecular weight is 353 g/mol. The van der Waals surface area contributed by atoms with Crippen LogP contribution < -0.4 is 15.8 Å². The third-order valence-corrected chi connectivity index (χ3v) is 4.82. The first-order chi connectivity index (χ1) is 12.7. The Morgan fingerprint density at radius 2 is 1.85 bits per heavy atom. The van der Waals surface area contributed by atoms with Gasteiger partial charge in [0.15, 0.2) is 0 Å². The molecule has 2 aromatic carbocycles. The second kappa shape index (κ2) is 8.83. The molecule has 3 N–H and O–H groups in total. The van der Waals surface area contributed by atoms with Crippen LogP contribution in [0.4, 0.5) is 5.69 Å². The number of nitrogens with one attached hydrogen (secondary N) is 1. The number of carbonyl (C=O) groups is 1. The molecule has 3 rings (SSSR count). The molecule has 138 valence electrons. The lowest BCUT2D eigenvalue weighted by molar-refractivity contribution is -0.117. The Hall–Kier alpha value is -2.37. The average Bonchev–Trinajstić information content (AvgIpc) is 3.17. The monoisotopic (exact) mass is 353 g/mol. The van der Waals surface area contributed by atoms with Gasteiger partial charge in [-0.25, -0.2) is 0 Å². The summed E-state index contributed by atoms with van der Waals surface area (Å²) in [7, 11) is 1.63. The van der Waals surface area contributed by atoms with Crippen molar-refractivity contribution in [3.05, 3.63) is 59.7 Å². The highest BCUT2D eigenvalue weighted by atomic mass is 16.5. The summed E-state index contributed by atoms with van der Waals surface area (Å²) < 4.78 is 5.15. The highest BCUT2D eigenvalue weighted by Crippen LogP contribution is 2.20. The molecule has 0 saturated carbocycles. The van der Waals surface area contributed by atoms with Crippen molar-refractivity contribution < 1.29 is 9.53 Å². The van der Waals surface area contributed by atoms with E-state index in [2.05, 4.69) is 16.3 Å². The maximum atomic E-state index is 12.6. The first kappa shape index (κ1) is 18.4. The van der Waals surface area contributed by atoms with Crippen molar-refractivity contribution in [2.75, 3.05) is 25.5 Å². The molecule has 1 amide bonds. The van der Waals surface area contributed by atoms with Crippen LogP contribution in [0.3, 0.4) is 0 Å². The van der Waals surface area contributed by atoms with E-state index in [4.69, 9.17) is 10.5 Å². The van der Waals surface area contributed by atoms with E-state index in [9.17, 15) is 4.79 Å². The van der Waals surface area contributed by atoms with Gasteiger partial charge in [-0.2, -0.15) is 0 Å². The number of carbonyl (C=O) groups excluding carboxylic acids is 1. The normalized spacial score (nSPS) is 15.6. The summed E-state index contributed by atoms with van der Waals surface area (Å²) in [6.45, 7) is 3.11. The van der Waals surface area contributed by atoms with E-state index < -0.39 is 6.04 Å². The molecule has 1 fully saturated rings. The topological polar surface area (TPSA) is 67.6 Å². The first-order valence-corrected chi connectivity index (χ1v) is 9.15. The van der Waals surface area contributed by atoms with Crippen molar-refractivity contribution in [2.24, 2.45) is 5.73 Å². The second-order valence-corrected chi connectivity index (χ2v) is 6.79. The molecule has 0 aliphatic carbocycles. The molecule has 1 atom stereocenters. The van der Waals surface area contributed by atoms with E-state index in [0.29, 0.717) is 6.42 Å². The molecule has 5 nitrogen and oxygen atoms in total. The maximum absolute atomic E-state index is 12.6. The lowest BCUT2D eigenvalue weighted by atomic mass is 10.1. The van der Waals surface area contributed by atoms with Crippen LogP contribution in [-0.4, -0.2) is 37.0 Å². The number of hydrogen-bond donors (Lipinski definition) is 2. The highest BCUT2D eigenvalue weighted by molar-refractivity contribution is 5.95. The van der Waals surface area contributed by atoms with Gasteiger partial charge in [0, 0.05) is 12.2 Å². The van der Waals surface area contributed by atoms with Crippen molar-refractivity contribution >= 4 is 11.6 Å². The van der Waals surface area contributed by atoms with Crippen LogP contribution in [0.15, 0.2) is 48.5 Å². The summed E-state index contributed by atoms with van der Waals surface area (Å²) in [5, 5.41) is 3.01. The number of para-hydroxylation sites is 1. The number of ether oxygens (including phenoxy) is 1. The van der Waals surface area contributed by atoms with Gasteiger partial charge in [-0.15, -0.1) is 0 Å². The third-order valence-electron chi connectivity index (χ3n) is 4.82. The molecule has 0 bridgehead atoms. The fourth-order valence-electron chi connectivity index (χ4n) is 3.30. The van der Waals surface area contributed by atoms with Crippen molar-refractivity contribution in [1.82, 2.24) is 4.90 Å². The molecule has 1 aliphatic rings. The van der Waals surface area contributed by atoms with Crippen LogP contribution in [0.2, 0.25) is 0 Å². The lowest BCUT2D eigenvalue weighted by Gasteiger charge is -2.19. The Morgan fingerprint density at radius 3 is 2.54 bits per heavy atom. The Morgan fingerprint density at radius 1 is 1.15 bits per heavy atom. The van der Waals surface area contributed by atoms with Gasteiger partial charge < -0.3 is 15.8 Å². The van der Waals surface area contributed by atoms with Crippen molar-refractivity contribution in [2.45, 2.75) is 31.8 Å². The number of methoxy groups -OCH3 is 1. The summed E-state index contributed by atoms with van der Waals surface area (Å²) >= 11 is 0. The van der Waals surface area contributed by atoms with Crippen LogP contribution in [0.5, 0.6) is 5.75 Å². The van der Waals surface area contributed by atoms with Gasteiger partial charge in [-0.05, 0) is 61.7 Å². The summed E-state index contributed by atoms with van der Waals surface area (Å²) in [6, 6.07) is 15.0. The van der Waals surface area contributed by atoms with E-state index in [1.165, 1.54) is 12.8 Å². The molecule has 5 heteroatoms. The van der Waals surface area contributed by atoms with Crippen LogP contribution >= 0.6 is 0 Å². The molecule has 1 saturated heterocycles. The first-order valence-electron chi connectivity index (χ1n) is 9.15. The van der Waals surface area contributed by atoms with Gasteiger partial charge in [-0.1, -0.05) is 30.3 Å². The number of hydrogen-bond acceptors (Lipinski definition) is 4. The van der Waals surface area contributed by atoms with Gasteiger partial charge in [-0.3, -0.25) is 9.69 Å². The van der Waals surface area contributed by atoms with Crippen LogP contribution in [0, 0.1) is 0 Å². The minimum absolute atomic E-state index is 0.158. The van der Waals surface area contributed by atoms with Crippen molar-refractivity contribution in [1.29, 1.82) is 0 Å². The predicted molar refractivity (Wildman–Crippen MR) is 104 cm³/mol. The van der Waals surface area contributed by atoms with E-state index in [0.717, 1.165) is 42.2 Å². The van der Waals surface area contributed by atoms with E-state index >= 15 is 0 Å². The number of likely N-dealkylation sites (tertiary alicyclic amines) is 1. The molecule has 26 heavy (non-hydrogen) atoms. The fourth-order valence-corrected chi connectivity index (χ4v) is 3.30. The van der Waals surface area contributed by atoms with Gasteiger partial charge >= 0.3 is 0 Å². The van der Waals surface area contributed by atoms with Crippen LogP contribution in [0.25, 0.3) is 0 Å². The quantitative estimate of drug-likeness (QED) is 0.803. The highest BCUT2D eigenvalue weighted by Gasteiger charge is 2.18. The number of nitrogens with zero attached hydrogens (tertiary/aromatic N) is 1. The van der Waals surface area contributed by atoms with E-state index in [1.54, 1.807) is 7.11 Å². The minimum Gasteiger partial charge on any atom is -0.497 e. The zero-order valence-electron chi connectivity index (χ0n) is 15.3. The van der Waals surface area contributed by atoms with Gasteiger partial charge in [0.2, 0.25) is 5.91 Å². The summed E-state index contributed by atoms with van der Waals surface area (Å²) in [5.41, 5.74) is 9.13. The molecule has 0 spiro atoms. The van der Waals surface area contributed by atoms with Crippen molar-refractivity contribution in [3.63, 3.8) is 0 Å². The lowest BCUT2D eigenvalue weighted by Crippen LogP contribution is -2.37. The van der Waals surface area contributed by atoms with Gasteiger partial charge in [0.25, 0.3) is 0 Å². The Labute approximate surface area is 155 Å². The van der Waals surface area contributed by atoms with Gasteiger partial charge in [0.05, 0.1) is 13.2 Å². The molecular formula is C21H27N3O2. The largest absolute Gasteiger partial charge is 0.497 e. The number of anilines is 1. The summed E-state index contributed by atoms with van der Waals surface area (Å²) in [5.74, 6) is 0.636. The minimum atomic E-state index is -0.594. The van der Waals surface area contributed by atoms with Crippen LogP contribution in [-0.2, 0) is 17.8 Å². The molecular weight excluding hydrogens is 326 g/mol. The molecule has 1 aliphatic heterocycles. The number of rotatable bonds is 7. The third kappa shape index (κ3) is 4.84. The van der Waals surface area contributed by atoms with E-state index in [-0.39, 0.29) is 5.91 Å². The number of benzene rings is 2. The molecule has 1 heterocycles. The van der Waals surface area contributed by atoms with E-state index in [1.807, 2.05) is 42.5 Å². The van der Waals surface area contributed by atoms with Crippen LogP contribution in [0.1, 0.15) is 24.0 Å². The van der Waals surface area contributed by atoms with Crippen molar-refractivity contribution in [3.8, 4) is 5.75 Å². The molecule has 0 radical (unpaired) electrons. The zero-order valence-corrected chi connectivity index (χ0v) is 15.3. The summed E-state index contributed by atoms with van der Waals surface area (Å²) in [4.78, 5) is 15.0. The standard InChI is InChI=1S/C21H27N3O2/c1-26-18-10-8-16(9-11-18)14-19(22)21(25)23-20-7-3-2-6-17(20)15-24-12-4-5-13-24/h2-3,6-11,19H,4-5,12-15,22H2,1H3,(H,23,25)/t19-/m0/s1. The SMILES string of the molecule is COc1ccc(C[C@H](N)C(=O)Nc2ccccc2CN2CCCC2)cc1. The zero-order chi connectivity index (χ0) is 18.4. The maximum Gasteiger partial charge on any atom is 0.241 e. The smallest absolute Gasteiger partial charge is 0.241 e. The summed E-state index contributed by atoms with van der Waals surface area (Å²) in [6.07, 6.45) is 2.99. The number of amides is 1. The molecule has 0 unspecified atom stereocenters.